The smallest absolute Gasteiger partial charge is 0.325 e. The normalized spacial score (nSPS) is 19.8. The van der Waals surface area contributed by atoms with E-state index in [0.717, 1.165) is 37.1 Å². The molecule has 0 atom stereocenters. The van der Waals surface area contributed by atoms with Crippen molar-refractivity contribution in [3.63, 3.8) is 0 Å². The molecule has 126 valence electrons. The summed E-state index contributed by atoms with van der Waals surface area (Å²) in [5.41, 5.74) is -0.748. The summed E-state index contributed by atoms with van der Waals surface area (Å²) in [5, 5.41) is 8.51. The molecule has 0 unspecified atom stereocenters. The van der Waals surface area contributed by atoms with Gasteiger partial charge in [0.15, 0.2) is 0 Å². The maximum atomic E-state index is 12.5. The molecule has 0 aromatic rings. The van der Waals surface area contributed by atoms with Crippen LogP contribution in [0.2, 0.25) is 0 Å². The first kappa shape index (κ1) is 18.7. The van der Waals surface area contributed by atoms with Gasteiger partial charge in [-0.2, -0.15) is 0 Å². The molecule has 22 heavy (non-hydrogen) atoms. The molecular weight excluding hydrogens is 308 g/mol. The van der Waals surface area contributed by atoms with Crippen LogP contribution in [0.1, 0.15) is 38.5 Å². The lowest BCUT2D eigenvalue weighted by Gasteiger charge is -2.30. The van der Waals surface area contributed by atoms with E-state index in [1.54, 1.807) is 0 Å². The molecule has 3 N–H and O–H groups in total. The lowest BCUT2D eigenvalue weighted by atomic mass is 9.82. The van der Waals surface area contributed by atoms with Crippen LogP contribution in [0.15, 0.2) is 0 Å². The molecule has 1 heterocycles. The van der Waals surface area contributed by atoms with Gasteiger partial charge in [-0.1, -0.05) is 19.3 Å². The number of amides is 4. The lowest BCUT2D eigenvalue weighted by molar-refractivity contribution is -0.135. The van der Waals surface area contributed by atoms with E-state index in [-0.39, 0.29) is 30.8 Å². The van der Waals surface area contributed by atoms with Crippen molar-refractivity contribution in [3.05, 3.63) is 0 Å². The van der Waals surface area contributed by atoms with Crippen LogP contribution in [-0.2, 0) is 9.59 Å². The van der Waals surface area contributed by atoms with Gasteiger partial charge in [0.05, 0.1) is 0 Å². The minimum atomic E-state index is -0.748. The van der Waals surface area contributed by atoms with Gasteiger partial charge in [-0.25, -0.2) is 4.79 Å². The Balaban J connectivity index is 0.00000242. The quantitative estimate of drug-likeness (QED) is 0.485. The Morgan fingerprint density at radius 3 is 2.55 bits per heavy atom. The first-order valence-corrected chi connectivity index (χ1v) is 7.64. The number of carbonyl (C=O) groups is 3. The Labute approximate surface area is 137 Å². The molecule has 1 aliphatic heterocycles. The van der Waals surface area contributed by atoms with Crippen molar-refractivity contribution in [1.29, 1.82) is 0 Å². The first-order chi connectivity index (χ1) is 10.1. The number of nitrogens with zero attached hydrogens (tertiary/aromatic N) is 1. The summed E-state index contributed by atoms with van der Waals surface area (Å²) >= 11 is 0. The van der Waals surface area contributed by atoms with Gasteiger partial charge >= 0.3 is 6.03 Å². The standard InChI is InChI=1S/C14H24N4O3.ClH/c1-15-8-5-9-16-11(19)10-18-12(20)14(17-13(18)21)6-3-2-4-7-14;/h15H,2-10H2,1H3,(H,16,19)(H,17,21);1H. The second-order valence-corrected chi connectivity index (χ2v) is 5.77. The Bertz CT molecular complexity index is 424. The van der Waals surface area contributed by atoms with Crippen LogP contribution in [0, 0.1) is 0 Å². The summed E-state index contributed by atoms with van der Waals surface area (Å²) in [6, 6.07) is -0.438. The topological polar surface area (TPSA) is 90.5 Å². The minimum Gasteiger partial charge on any atom is -0.354 e. The van der Waals surface area contributed by atoms with E-state index < -0.39 is 11.6 Å². The Hall–Kier alpha value is -1.34. The summed E-state index contributed by atoms with van der Waals surface area (Å²) in [5.74, 6) is -0.528. The van der Waals surface area contributed by atoms with Gasteiger partial charge in [0.1, 0.15) is 12.1 Å². The van der Waals surface area contributed by atoms with Crippen LogP contribution >= 0.6 is 12.4 Å². The van der Waals surface area contributed by atoms with E-state index in [1.165, 1.54) is 0 Å². The third-order valence-electron chi connectivity index (χ3n) is 4.18. The van der Waals surface area contributed by atoms with E-state index in [4.69, 9.17) is 0 Å². The van der Waals surface area contributed by atoms with Crippen LogP contribution in [0.3, 0.4) is 0 Å². The number of carbonyl (C=O) groups excluding carboxylic acids is 3. The molecule has 2 aliphatic rings. The maximum Gasteiger partial charge on any atom is 0.325 e. The number of halogens is 1. The van der Waals surface area contributed by atoms with Gasteiger partial charge in [0, 0.05) is 6.54 Å². The SMILES string of the molecule is CNCCCNC(=O)CN1C(=O)NC2(CCCCC2)C1=O.Cl. The zero-order chi connectivity index (χ0) is 15.3. The number of urea groups is 1. The highest BCUT2D eigenvalue weighted by Crippen LogP contribution is 2.33. The van der Waals surface area contributed by atoms with Gasteiger partial charge in [-0.15, -0.1) is 12.4 Å². The number of imide groups is 1. The molecule has 0 aromatic heterocycles. The average Bonchev–Trinajstić information content (AvgIpc) is 2.69. The molecule has 0 radical (unpaired) electrons. The monoisotopic (exact) mass is 332 g/mol. The number of hydrogen-bond acceptors (Lipinski definition) is 4. The molecule has 2 rings (SSSR count). The van der Waals surface area contributed by atoms with E-state index in [9.17, 15) is 14.4 Å². The van der Waals surface area contributed by atoms with Crippen LogP contribution in [0.4, 0.5) is 4.79 Å². The number of rotatable bonds is 6. The van der Waals surface area contributed by atoms with E-state index in [0.29, 0.717) is 19.4 Å². The summed E-state index contributed by atoms with van der Waals surface area (Å²) in [4.78, 5) is 37.3. The molecule has 1 aliphatic carbocycles. The Morgan fingerprint density at radius 1 is 1.23 bits per heavy atom. The third kappa shape index (κ3) is 4.10. The van der Waals surface area contributed by atoms with Crippen molar-refractivity contribution in [2.45, 2.75) is 44.1 Å². The van der Waals surface area contributed by atoms with Gasteiger partial charge in [0.25, 0.3) is 5.91 Å². The molecule has 2 fully saturated rings. The van der Waals surface area contributed by atoms with Gasteiger partial charge in [0.2, 0.25) is 5.91 Å². The van der Waals surface area contributed by atoms with Crippen molar-refractivity contribution in [1.82, 2.24) is 20.9 Å². The minimum absolute atomic E-state index is 0. The maximum absolute atomic E-state index is 12.5. The highest BCUT2D eigenvalue weighted by molar-refractivity contribution is 6.09. The van der Waals surface area contributed by atoms with Crippen molar-refractivity contribution in [2.24, 2.45) is 0 Å². The first-order valence-electron chi connectivity index (χ1n) is 7.64. The zero-order valence-corrected chi connectivity index (χ0v) is 13.8. The fourth-order valence-electron chi connectivity index (χ4n) is 3.01. The molecule has 1 saturated carbocycles. The molecule has 1 spiro atoms. The van der Waals surface area contributed by atoms with Crippen LogP contribution in [0.5, 0.6) is 0 Å². The highest BCUT2D eigenvalue weighted by atomic mass is 35.5. The van der Waals surface area contributed by atoms with E-state index >= 15 is 0 Å². The van der Waals surface area contributed by atoms with Crippen LogP contribution < -0.4 is 16.0 Å². The van der Waals surface area contributed by atoms with Gasteiger partial charge in [-0.3, -0.25) is 14.5 Å². The molecule has 4 amide bonds. The van der Waals surface area contributed by atoms with Crippen LogP contribution in [-0.4, -0.2) is 55.0 Å². The van der Waals surface area contributed by atoms with E-state index in [1.807, 2.05) is 7.05 Å². The van der Waals surface area contributed by atoms with Crippen molar-refractivity contribution in [2.75, 3.05) is 26.7 Å². The van der Waals surface area contributed by atoms with Gasteiger partial charge in [-0.05, 0) is 32.9 Å². The lowest BCUT2D eigenvalue weighted by Crippen LogP contribution is -2.49. The number of nitrogens with one attached hydrogen (secondary N) is 3. The largest absolute Gasteiger partial charge is 0.354 e. The zero-order valence-electron chi connectivity index (χ0n) is 12.9. The molecule has 7 nitrogen and oxygen atoms in total. The molecular formula is C14H25ClN4O3. The van der Waals surface area contributed by atoms with Crippen molar-refractivity contribution >= 4 is 30.3 Å². The average molecular weight is 333 g/mol. The fraction of sp³-hybridized carbons (Fsp3) is 0.786. The predicted octanol–water partition coefficient (Wildman–Crippen LogP) is 0.389. The summed E-state index contributed by atoms with van der Waals surface area (Å²) in [6.45, 7) is 1.16. The summed E-state index contributed by atoms with van der Waals surface area (Å²) < 4.78 is 0. The Morgan fingerprint density at radius 2 is 1.91 bits per heavy atom. The summed E-state index contributed by atoms with van der Waals surface area (Å²) in [7, 11) is 1.85. The highest BCUT2D eigenvalue weighted by Gasteiger charge is 2.51. The second-order valence-electron chi connectivity index (χ2n) is 5.77. The van der Waals surface area contributed by atoms with E-state index in [2.05, 4.69) is 16.0 Å². The Kier molecular flexibility index (Phi) is 7.09. The summed E-state index contributed by atoms with van der Waals surface area (Å²) in [6.07, 6.45) is 5.14. The fourth-order valence-corrected chi connectivity index (χ4v) is 3.01. The second kappa shape index (κ2) is 8.33. The van der Waals surface area contributed by atoms with Crippen molar-refractivity contribution < 1.29 is 14.4 Å². The van der Waals surface area contributed by atoms with Gasteiger partial charge < -0.3 is 16.0 Å². The van der Waals surface area contributed by atoms with Crippen molar-refractivity contribution in [3.8, 4) is 0 Å². The molecule has 0 bridgehead atoms. The molecule has 0 aromatic carbocycles. The predicted molar refractivity (Wildman–Crippen MR) is 84.9 cm³/mol. The number of hydrogen-bond donors (Lipinski definition) is 3. The molecule has 8 heteroatoms. The third-order valence-corrected chi connectivity index (χ3v) is 4.18. The molecule has 1 saturated heterocycles. The van der Waals surface area contributed by atoms with Crippen LogP contribution in [0.25, 0.3) is 0 Å².